The van der Waals surface area contributed by atoms with Crippen molar-refractivity contribution in [2.45, 2.75) is 6.54 Å². The lowest BCUT2D eigenvalue weighted by Crippen LogP contribution is -2.12. The van der Waals surface area contributed by atoms with Gasteiger partial charge in [0.1, 0.15) is 22.0 Å². The quantitative estimate of drug-likeness (QED) is 0.773. The minimum absolute atomic E-state index is 0.0215. The molecule has 0 aromatic carbocycles. The molecule has 8 heteroatoms. The van der Waals surface area contributed by atoms with Gasteiger partial charge in [-0.1, -0.05) is 0 Å². The summed E-state index contributed by atoms with van der Waals surface area (Å²) >= 11 is 0. The highest BCUT2D eigenvalue weighted by Gasteiger charge is 2.09. The van der Waals surface area contributed by atoms with Gasteiger partial charge in [-0.2, -0.15) is 5.10 Å². The number of anilines is 1. The molecule has 0 aliphatic carbocycles. The predicted molar refractivity (Wildman–Crippen MR) is 59.4 cm³/mol. The van der Waals surface area contributed by atoms with Crippen LogP contribution in [0.15, 0.2) is 12.5 Å². The van der Waals surface area contributed by atoms with E-state index in [9.17, 15) is 8.42 Å². The van der Waals surface area contributed by atoms with Crippen molar-refractivity contribution in [3.63, 3.8) is 0 Å². The summed E-state index contributed by atoms with van der Waals surface area (Å²) in [5, 5.41) is 4.66. The van der Waals surface area contributed by atoms with Gasteiger partial charge in [-0.25, -0.2) is 23.1 Å². The highest BCUT2D eigenvalue weighted by molar-refractivity contribution is 7.90. The Kier molecular flexibility index (Phi) is 2.50. The summed E-state index contributed by atoms with van der Waals surface area (Å²) in [6.07, 6.45) is 4.05. The minimum Gasteiger partial charge on any atom is -0.383 e. The van der Waals surface area contributed by atoms with Gasteiger partial charge >= 0.3 is 0 Å². The first-order valence-electron chi connectivity index (χ1n) is 4.57. The molecule has 7 nitrogen and oxygen atoms in total. The molecule has 0 amide bonds. The van der Waals surface area contributed by atoms with Crippen LogP contribution in [0.5, 0.6) is 0 Å². The molecule has 0 aliphatic heterocycles. The van der Waals surface area contributed by atoms with Crippen molar-refractivity contribution in [3.05, 3.63) is 12.5 Å². The molecule has 0 radical (unpaired) electrons. The molecule has 2 rings (SSSR count). The van der Waals surface area contributed by atoms with Crippen molar-refractivity contribution in [2.75, 3.05) is 17.7 Å². The molecular weight excluding hydrogens is 230 g/mol. The first kappa shape index (κ1) is 10.8. The third-order valence-electron chi connectivity index (χ3n) is 2.14. The maximum atomic E-state index is 11.0. The lowest BCUT2D eigenvalue weighted by atomic mass is 10.4. The summed E-state index contributed by atoms with van der Waals surface area (Å²) in [7, 11) is -3.01. The molecule has 0 bridgehead atoms. The molecule has 0 fully saturated rings. The molecule has 0 saturated heterocycles. The zero-order chi connectivity index (χ0) is 11.8. The van der Waals surface area contributed by atoms with E-state index in [1.54, 1.807) is 0 Å². The second-order valence-electron chi connectivity index (χ2n) is 3.49. The van der Waals surface area contributed by atoms with Crippen molar-refractivity contribution in [1.29, 1.82) is 0 Å². The molecule has 0 aliphatic rings. The minimum atomic E-state index is -3.01. The summed E-state index contributed by atoms with van der Waals surface area (Å²) in [6.45, 7) is 0.263. The molecule has 2 aromatic heterocycles. The Balaban J connectivity index is 2.36. The Morgan fingerprint density at radius 2 is 2.19 bits per heavy atom. The summed E-state index contributed by atoms with van der Waals surface area (Å²) in [5.41, 5.74) is 6.18. The van der Waals surface area contributed by atoms with E-state index in [4.69, 9.17) is 5.73 Å². The predicted octanol–water partition coefficient (Wildman–Crippen LogP) is -0.547. The number of sulfone groups is 1. The second-order valence-corrected chi connectivity index (χ2v) is 5.75. The fourth-order valence-electron chi connectivity index (χ4n) is 1.33. The van der Waals surface area contributed by atoms with E-state index in [0.29, 0.717) is 16.9 Å². The van der Waals surface area contributed by atoms with Crippen molar-refractivity contribution in [1.82, 2.24) is 19.7 Å². The number of nitrogen functional groups attached to an aromatic ring is 1. The number of hydrogen-bond donors (Lipinski definition) is 1. The van der Waals surface area contributed by atoms with Crippen LogP contribution in [0, 0.1) is 0 Å². The van der Waals surface area contributed by atoms with Crippen molar-refractivity contribution >= 4 is 26.7 Å². The maximum Gasteiger partial charge on any atom is 0.163 e. The van der Waals surface area contributed by atoms with Crippen LogP contribution in [0.2, 0.25) is 0 Å². The molecule has 0 atom stereocenters. The largest absolute Gasteiger partial charge is 0.383 e. The second kappa shape index (κ2) is 3.71. The summed E-state index contributed by atoms with van der Waals surface area (Å²) < 4.78 is 23.6. The van der Waals surface area contributed by atoms with Gasteiger partial charge in [0, 0.05) is 6.26 Å². The molecule has 2 heterocycles. The standard InChI is InChI=1S/C8H11N5O2S/c1-16(14,15)3-2-13-8-6(4-12-13)7(9)10-5-11-8/h4-5H,2-3H2,1H3,(H2,9,10,11). The Labute approximate surface area is 92.2 Å². The average Bonchev–Trinajstić information content (AvgIpc) is 2.58. The fraction of sp³-hybridized carbons (Fsp3) is 0.375. The van der Waals surface area contributed by atoms with Crippen LogP contribution in [0.1, 0.15) is 0 Å². The third-order valence-corrected chi connectivity index (χ3v) is 3.06. The zero-order valence-corrected chi connectivity index (χ0v) is 9.48. The van der Waals surface area contributed by atoms with Gasteiger partial charge < -0.3 is 5.73 Å². The number of aromatic nitrogens is 4. The van der Waals surface area contributed by atoms with E-state index in [2.05, 4.69) is 15.1 Å². The molecule has 16 heavy (non-hydrogen) atoms. The highest BCUT2D eigenvalue weighted by atomic mass is 32.2. The van der Waals surface area contributed by atoms with E-state index in [1.165, 1.54) is 23.5 Å². The van der Waals surface area contributed by atoms with Gasteiger partial charge in [0.2, 0.25) is 0 Å². The van der Waals surface area contributed by atoms with Gasteiger partial charge in [-0.15, -0.1) is 0 Å². The van der Waals surface area contributed by atoms with E-state index >= 15 is 0 Å². The summed E-state index contributed by atoms with van der Waals surface area (Å²) in [4.78, 5) is 7.84. The summed E-state index contributed by atoms with van der Waals surface area (Å²) in [5.74, 6) is 0.365. The summed E-state index contributed by atoms with van der Waals surface area (Å²) in [6, 6.07) is 0. The average molecular weight is 241 g/mol. The van der Waals surface area contributed by atoms with Crippen molar-refractivity contribution in [2.24, 2.45) is 0 Å². The number of rotatable bonds is 3. The van der Waals surface area contributed by atoms with Gasteiger partial charge in [0.05, 0.1) is 23.9 Å². The molecular formula is C8H11N5O2S. The number of nitrogens with zero attached hydrogens (tertiary/aromatic N) is 4. The molecule has 0 spiro atoms. The monoisotopic (exact) mass is 241 g/mol. The zero-order valence-electron chi connectivity index (χ0n) is 8.66. The third kappa shape index (κ3) is 2.11. The van der Waals surface area contributed by atoms with Crippen LogP contribution in [0.4, 0.5) is 5.82 Å². The van der Waals surface area contributed by atoms with E-state index in [0.717, 1.165) is 0 Å². The Hall–Kier alpha value is -1.70. The first-order valence-corrected chi connectivity index (χ1v) is 6.63. The molecule has 0 saturated carbocycles. The van der Waals surface area contributed by atoms with Crippen LogP contribution < -0.4 is 5.73 Å². The smallest absolute Gasteiger partial charge is 0.163 e. The van der Waals surface area contributed by atoms with Crippen molar-refractivity contribution < 1.29 is 8.42 Å². The topological polar surface area (TPSA) is 104 Å². The number of aryl methyl sites for hydroxylation is 1. The molecule has 2 aromatic rings. The highest BCUT2D eigenvalue weighted by Crippen LogP contribution is 2.15. The number of nitrogens with two attached hydrogens (primary N) is 1. The lowest BCUT2D eigenvalue weighted by molar-refractivity contribution is 0.588. The molecule has 0 unspecified atom stereocenters. The number of hydrogen-bond acceptors (Lipinski definition) is 6. The Bertz CT molecular complexity index is 618. The van der Waals surface area contributed by atoms with E-state index in [1.807, 2.05) is 0 Å². The van der Waals surface area contributed by atoms with Crippen LogP contribution in [0.25, 0.3) is 11.0 Å². The maximum absolute atomic E-state index is 11.0. The normalized spacial score (nSPS) is 12.1. The lowest BCUT2D eigenvalue weighted by Gasteiger charge is -2.01. The van der Waals surface area contributed by atoms with Crippen LogP contribution in [-0.4, -0.2) is 40.2 Å². The van der Waals surface area contributed by atoms with Crippen molar-refractivity contribution in [3.8, 4) is 0 Å². The molecule has 86 valence electrons. The van der Waals surface area contributed by atoms with Crippen LogP contribution in [-0.2, 0) is 16.4 Å². The number of fused-ring (bicyclic) bond motifs is 1. The van der Waals surface area contributed by atoms with Crippen LogP contribution >= 0.6 is 0 Å². The van der Waals surface area contributed by atoms with Gasteiger partial charge in [0.25, 0.3) is 0 Å². The van der Waals surface area contributed by atoms with Gasteiger partial charge in [-0.3, -0.25) is 0 Å². The Morgan fingerprint density at radius 1 is 1.44 bits per heavy atom. The SMILES string of the molecule is CS(=O)(=O)CCn1ncc2c(N)ncnc21. The fourth-order valence-corrected chi connectivity index (χ4v) is 1.83. The van der Waals surface area contributed by atoms with Gasteiger partial charge in [-0.05, 0) is 0 Å². The Morgan fingerprint density at radius 3 is 2.88 bits per heavy atom. The van der Waals surface area contributed by atoms with E-state index in [-0.39, 0.29) is 12.3 Å². The van der Waals surface area contributed by atoms with Crippen LogP contribution in [0.3, 0.4) is 0 Å². The van der Waals surface area contributed by atoms with E-state index < -0.39 is 9.84 Å². The first-order chi connectivity index (χ1) is 7.47. The molecule has 2 N–H and O–H groups in total. The van der Waals surface area contributed by atoms with Gasteiger partial charge in [0.15, 0.2) is 5.65 Å².